The number of aliphatic hydroxyl groups is 5. The number of nitrogens with zero attached hydrogens (tertiary/aromatic N) is 6. The van der Waals surface area contributed by atoms with E-state index < -0.39 is 109 Å². The first kappa shape index (κ1) is 78.4. The molecule has 0 aromatic carbocycles. The molecule has 0 spiro atoms. The number of amides is 6. The van der Waals surface area contributed by atoms with Gasteiger partial charge in [0.15, 0.2) is 0 Å². The van der Waals surface area contributed by atoms with Gasteiger partial charge in [-0.25, -0.2) is 14.8 Å². The van der Waals surface area contributed by atoms with E-state index in [2.05, 4.69) is 88.1 Å². The Bertz CT molecular complexity index is 2930. The molecule has 517 valence electrons. The number of H-pyrrole nitrogens is 2. The second-order valence-corrected chi connectivity index (χ2v) is 22.7. The van der Waals surface area contributed by atoms with Gasteiger partial charge in [-0.1, -0.05) is 101 Å². The third-order valence-electron chi connectivity index (χ3n) is 14.3. The third-order valence-corrected chi connectivity index (χ3v) is 14.3. The molecule has 5 aliphatic rings. The number of aromatic nitrogens is 4. The number of aromatic amines is 2. The summed E-state index contributed by atoms with van der Waals surface area (Å²) in [6.45, 7) is 7.68. The molecule has 15 N–H and O–H groups in total. The number of unbranched alkanes of at least 4 members (excludes halogenated alkanes) is 1. The van der Waals surface area contributed by atoms with E-state index in [9.17, 15) is 64.2 Å². The van der Waals surface area contributed by atoms with Gasteiger partial charge in [-0.3, -0.25) is 28.8 Å². The number of hydrogen-bond acceptors (Lipinski definition) is 16. The minimum absolute atomic E-state index is 0.0327. The Kier molecular flexibility index (Phi) is 35.3. The fourth-order valence-corrected chi connectivity index (χ4v) is 9.28. The number of carboxylic acids is 1. The molecule has 0 radical (unpaired) electrons. The van der Waals surface area contributed by atoms with Crippen LogP contribution in [0.25, 0.3) is 21.3 Å². The summed E-state index contributed by atoms with van der Waals surface area (Å²) >= 11 is 1.33. The molecule has 1 saturated heterocycles. The molecule has 94 heavy (non-hydrogen) atoms. The van der Waals surface area contributed by atoms with Crippen molar-refractivity contribution in [2.24, 2.45) is 11.8 Å². The first-order valence-corrected chi connectivity index (χ1v) is 33.7. The molecular formula is C63H87ClN15O14Os-4. The van der Waals surface area contributed by atoms with Crippen LogP contribution in [0.2, 0.25) is 0 Å². The van der Waals surface area contributed by atoms with E-state index in [1.54, 1.807) is 65.0 Å². The fraction of sp³-hybridized carbons (Fsp3) is 0.476. The van der Waals surface area contributed by atoms with E-state index in [4.69, 9.17) is 4.74 Å². The standard InChI is InChI=1S/C43H71N11O14.2C10H8N2.ClH.Os/c1-23(2)15-29(52-38(61)30(16-27-18-45-22-50-27)53-40(63)34(24(3)4)48-20-43(67)37(60)36(59)31(56)19-68-43)39(62)54-35(25(5)55)41(64)51-28(42(65)66)9-6-7-13-46-32(57)10-8-11-33(58)47-14-12-26-17-44-21-49-26;2*1-3-7-11-9(5-1)10-6-2-4-8-12-10;;/h17-18,21-25,28-31,34-37,48,55-56,59-60,67H,6-16,19-20H2,1-5H3,(H,44,49)(H,45,50)(H,46,57)(H,47,58)(H,51,64)(H,52,61)(H,53,63)(H,54,62)(H,65,66);2*1-8H;1H;/q;2*-2;;+1/p-1. The number of imidazole rings is 2. The first-order chi connectivity index (χ1) is 45.0. The maximum absolute atomic E-state index is 14.0. The van der Waals surface area contributed by atoms with E-state index >= 15 is 0 Å². The quantitative estimate of drug-likeness (QED) is 0.0499. The van der Waals surface area contributed by atoms with E-state index in [0.717, 1.165) is 28.5 Å². The molecule has 7 heterocycles. The molecule has 0 aliphatic carbocycles. The van der Waals surface area contributed by atoms with Crippen LogP contribution in [0.4, 0.5) is 0 Å². The van der Waals surface area contributed by atoms with Crippen molar-refractivity contribution in [3.05, 3.63) is 178 Å². The number of hydrogen-bond donors (Lipinski definition) is 15. The second kappa shape index (κ2) is 42.3. The van der Waals surface area contributed by atoms with Crippen molar-refractivity contribution in [2.75, 3.05) is 26.2 Å². The molecule has 1 fully saturated rings. The molecule has 7 rings (SSSR count). The van der Waals surface area contributed by atoms with E-state index in [0.29, 0.717) is 31.5 Å². The molecule has 10 unspecified atom stereocenters. The summed E-state index contributed by atoms with van der Waals surface area (Å²) in [4.78, 5) is 105. The predicted octanol–water partition coefficient (Wildman–Crippen LogP) is 3.27. The van der Waals surface area contributed by atoms with Crippen LogP contribution < -0.4 is 37.2 Å². The van der Waals surface area contributed by atoms with Crippen LogP contribution in [0.5, 0.6) is 0 Å². The first-order valence-electron chi connectivity index (χ1n) is 30.6. The monoisotopic (exact) mass is 1500 g/mol. The summed E-state index contributed by atoms with van der Waals surface area (Å²) in [6.07, 6.45) is 31.3. The van der Waals surface area contributed by atoms with Gasteiger partial charge in [0.25, 0.3) is 0 Å². The van der Waals surface area contributed by atoms with Crippen molar-refractivity contribution in [3.63, 3.8) is 0 Å². The summed E-state index contributed by atoms with van der Waals surface area (Å²) < 4.78 is 5.20. The third kappa shape index (κ3) is 27.9. The zero-order chi connectivity index (χ0) is 69.0. The molecule has 2 aromatic rings. The molecule has 2 aromatic heterocycles. The van der Waals surface area contributed by atoms with Gasteiger partial charge in [-0.05, 0) is 50.9 Å². The number of carbonyl (C=O) groups excluding carboxylic acids is 6. The Morgan fingerprint density at radius 2 is 1.12 bits per heavy atom. The van der Waals surface area contributed by atoms with Crippen LogP contribution >= 0.6 is 9.64 Å². The zero-order valence-electron chi connectivity index (χ0n) is 53.0. The van der Waals surface area contributed by atoms with E-state index in [-0.39, 0.29) is 62.8 Å². The average Bonchev–Trinajstić information content (AvgIpc) is 1.20. The van der Waals surface area contributed by atoms with Gasteiger partial charge in [0.2, 0.25) is 41.2 Å². The summed E-state index contributed by atoms with van der Waals surface area (Å²) in [5.41, 5.74) is 4.98. The number of halogens is 1. The SMILES string of the molecule is C1=C[N-]C(=C2C=CC=C[N-]2)C=C1.C1=C[N-]C(=C2C=CC=C[N-]2)C=C1.CC(C)CC(NC(=O)C(Cc1cnc[nH]1)NC(=O)C(NCC1(O)OCC(O)C(O)C1O)C(C)C)C(=O)NC(C(=O)NC(CCCCNC(=O)CCCC(=O)NCCc1cnc[nH]1)C(=O)O)C(C)O.[Cl][Os]. The number of ether oxygens (including phenoxy) is 1. The van der Waals surface area contributed by atoms with Crippen molar-refractivity contribution in [1.29, 1.82) is 0 Å². The average molecular weight is 1500 g/mol. The van der Waals surface area contributed by atoms with Crippen molar-refractivity contribution in [2.45, 2.75) is 153 Å². The fourth-order valence-electron chi connectivity index (χ4n) is 9.28. The zero-order valence-corrected chi connectivity index (χ0v) is 56.3. The van der Waals surface area contributed by atoms with Crippen molar-refractivity contribution in [1.82, 2.24) is 57.2 Å². The molecule has 29 nitrogen and oxygen atoms in total. The summed E-state index contributed by atoms with van der Waals surface area (Å²) in [5.74, 6) is -8.34. The molecule has 10 atom stereocenters. The molecule has 0 bridgehead atoms. The van der Waals surface area contributed by atoms with Gasteiger partial charge >= 0.3 is 33.2 Å². The number of allylic oxidation sites excluding steroid dienone is 12. The second-order valence-electron chi connectivity index (χ2n) is 22.7. The van der Waals surface area contributed by atoms with Crippen LogP contribution in [-0.2, 0) is 68.7 Å². The number of carboxylic acid groups (broad SMARTS) is 1. The number of carbonyl (C=O) groups is 7. The Balaban J connectivity index is 0.000000586. The number of aliphatic carboxylic acids is 1. The van der Waals surface area contributed by atoms with Gasteiger partial charge < -0.3 is 104 Å². The number of nitrogens with one attached hydrogen (secondary N) is 9. The van der Waals surface area contributed by atoms with Gasteiger partial charge in [0.05, 0.1) is 38.0 Å². The van der Waals surface area contributed by atoms with Crippen molar-refractivity contribution < 1.29 is 86.5 Å². The van der Waals surface area contributed by atoms with Gasteiger partial charge in [-0.15, -0.1) is 0 Å². The van der Waals surface area contributed by atoms with Gasteiger partial charge in [0, 0.05) is 62.6 Å². The molecule has 6 amide bonds. The van der Waals surface area contributed by atoms with Crippen LogP contribution in [0, 0.1) is 11.8 Å². The van der Waals surface area contributed by atoms with Crippen LogP contribution in [-0.4, -0.2) is 179 Å². The molecular weight excluding hydrogens is 1420 g/mol. The topological polar surface area (TPSA) is 448 Å². The van der Waals surface area contributed by atoms with Gasteiger partial charge in [-0.2, -0.15) is 47.6 Å². The maximum atomic E-state index is 14.0. The minimum atomic E-state index is -2.38. The summed E-state index contributed by atoms with van der Waals surface area (Å²) in [7, 11) is 4.67. The van der Waals surface area contributed by atoms with Crippen LogP contribution in [0.1, 0.15) is 91.0 Å². The van der Waals surface area contributed by atoms with Crippen molar-refractivity contribution >= 4 is 51.0 Å². The Hall–Kier alpha value is -8.04. The van der Waals surface area contributed by atoms with E-state index in [1.807, 2.05) is 72.9 Å². The number of aliphatic hydroxyl groups excluding tert-OH is 4. The van der Waals surface area contributed by atoms with Crippen molar-refractivity contribution in [3.8, 4) is 0 Å². The Morgan fingerprint density at radius 3 is 1.57 bits per heavy atom. The van der Waals surface area contributed by atoms with Crippen LogP contribution in [0.15, 0.2) is 146 Å². The Morgan fingerprint density at radius 1 is 0.638 bits per heavy atom. The summed E-state index contributed by atoms with van der Waals surface area (Å²) in [5, 5.41) is 96.8. The molecule has 31 heteroatoms. The summed E-state index contributed by atoms with van der Waals surface area (Å²) in [6, 6.07) is -6.85. The normalized spacial score (nSPS) is 21.6. The molecule has 0 saturated carbocycles. The predicted molar refractivity (Wildman–Crippen MR) is 347 cm³/mol. The molecule has 5 aliphatic heterocycles. The van der Waals surface area contributed by atoms with E-state index in [1.165, 1.54) is 37.0 Å². The van der Waals surface area contributed by atoms with Gasteiger partial charge in [0.1, 0.15) is 42.5 Å². The number of rotatable bonds is 30. The van der Waals surface area contributed by atoms with Crippen LogP contribution in [0.3, 0.4) is 0 Å². The Labute approximate surface area is 561 Å².